The van der Waals surface area contributed by atoms with Gasteiger partial charge in [0.05, 0.1) is 24.9 Å². The predicted octanol–water partition coefficient (Wildman–Crippen LogP) is 1.40. The molecule has 4 unspecified atom stereocenters. The smallest absolute Gasteiger partial charge is 0.239 e. The highest BCUT2D eigenvalue weighted by Gasteiger charge is 2.21. The molecule has 0 radical (unpaired) electrons. The van der Waals surface area contributed by atoms with Crippen molar-refractivity contribution in [3.63, 3.8) is 0 Å². The third-order valence-electron chi connectivity index (χ3n) is 4.29. The van der Waals surface area contributed by atoms with Gasteiger partial charge in [-0.1, -0.05) is 19.8 Å². The summed E-state index contributed by atoms with van der Waals surface area (Å²) in [5, 5.41) is 13.0. The molecule has 1 saturated carbocycles. The Morgan fingerprint density at radius 2 is 2.19 bits per heavy atom. The van der Waals surface area contributed by atoms with Gasteiger partial charge in [0.25, 0.3) is 0 Å². The van der Waals surface area contributed by atoms with E-state index in [0.717, 1.165) is 18.8 Å². The number of carbonyl (C=O) groups is 1. The lowest BCUT2D eigenvalue weighted by molar-refractivity contribution is -0.131. The third-order valence-corrected chi connectivity index (χ3v) is 4.29. The fourth-order valence-corrected chi connectivity index (χ4v) is 2.72. The molecule has 5 nitrogen and oxygen atoms in total. The number of aliphatic hydroxyl groups excluding tert-OH is 1. The number of rotatable bonds is 8. The Balaban J connectivity index is 2.18. The molecule has 0 aromatic heterocycles. The van der Waals surface area contributed by atoms with E-state index in [1.165, 1.54) is 12.8 Å². The molecule has 0 aromatic carbocycles. The molecule has 0 aromatic rings. The molecule has 4 atom stereocenters. The minimum atomic E-state index is -0.565. The number of likely N-dealkylation sites (N-methyl/N-ethyl adjacent to an activating group) is 1. The van der Waals surface area contributed by atoms with Gasteiger partial charge in [-0.15, -0.1) is 0 Å². The van der Waals surface area contributed by atoms with E-state index in [1.54, 1.807) is 11.9 Å². The fraction of sp³-hybridized carbons (Fsp3) is 0.938. The van der Waals surface area contributed by atoms with Crippen LogP contribution < -0.4 is 5.32 Å². The SMILES string of the molecule is CCN(C)C(=O)C(C)NCC(O)COC1CCCC(C)C1. The van der Waals surface area contributed by atoms with Gasteiger partial charge in [-0.25, -0.2) is 0 Å². The van der Waals surface area contributed by atoms with E-state index in [4.69, 9.17) is 4.74 Å². The summed E-state index contributed by atoms with van der Waals surface area (Å²) >= 11 is 0. The number of ether oxygens (including phenoxy) is 1. The van der Waals surface area contributed by atoms with Crippen LogP contribution >= 0.6 is 0 Å². The van der Waals surface area contributed by atoms with Crippen LogP contribution in [-0.4, -0.2) is 60.9 Å². The minimum absolute atomic E-state index is 0.0479. The van der Waals surface area contributed by atoms with Crippen LogP contribution in [-0.2, 0) is 9.53 Å². The largest absolute Gasteiger partial charge is 0.389 e. The summed E-state index contributed by atoms with van der Waals surface area (Å²) in [6.07, 6.45) is 4.42. The number of nitrogens with zero attached hydrogens (tertiary/aromatic N) is 1. The number of hydrogen-bond acceptors (Lipinski definition) is 4. The molecule has 0 saturated heterocycles. The molecule has 2 N–H and O–H groups in total. The molecule has 0 bridgehead atoms. The number of carbonyl (C=O) groups excluding carboxylic acids is 1. The van der Waals surface area contributed by atoms with Crippen molar-refractivity contribution >= 4 is 5.91 Å². The Morgan fingerprint density at radius 3 is 2.81 bits per heavy atom. The Labute approximate surface area is 129 Å². The number of amides is 1. The maximum absolute atomic E-state index is 11.9. The van der Waals surface area contributed by atoms with Crippen LogP contribution in [0.2, 0.25) is 0 Å². The van der Waals surface area contributed by atoms with E-state index in [1.807, 2.05) is 13.8 Å². The highest BCUT2D eigenvalue weighted by Crippen LogP contribution is 2.25. The second-order valence-corrected chi connectivity index (χ2v) is 6.36. The standard InChI is InChI=1S/C16H32N2O3/c1-5-18(4)16(20)13(3)17-10-14(19)11-21-15-8-6-7-12(2)9-15/h12-15,17,19H,5-11H2,1-4H3. The first-order valence-electron chi connectivity index (χ1n) is 8.22. The van der Waals surface area contributed by atoms with Crippen molar-refractivity contribution in [3.8, 4) is 0 Å². The first kappa shape index (κ1) is 18.4. The summed E-state index contributed by atoms with van der Waals surface area (Å²) < 4.78 is 5.79. The fourth-order valence-electron chi connectivity index (χ4n) is 2.72. The highest BCUT2D eigenvalue weighted by atomic mass is 16.5. The van der Waals surface area contributed by atoms with Crippen molar-refractivity contribution in [2.45, 2.75) is 64.7 Å². The monoisotopic (exact) mass is 300 g/mol. The second kappa shape index (κ2) is 9.38. The predicted molar refractivity (Wildman–Crippen MR) is 84.2 cm³/mol. The van der Waals surface area contributed by atoms with Gasteiger partial charge in [0.1, 0.15) is 0 Å². The molecular formula is C16H32N2O3. The van der Waals surface area contributed by atoms with Gasteiger partial charge >= 0.3 is 0 Å². The van der Waals surface area contributed by atoms with E-state index >= 15 is 0 Å². The van der Waals surface area contributed by atoms with E-state index in [2.05, 4.69) is 12.2 Å². The summed E-state index contributed by atoms with van der Waals surface area (Å²) in [6.45, 7) is 7.44. The van der Waals surface area contributed by atoms with Crippen LogP contribution in [0.4, 0.5) is 0 Å². The first-order valence-corrected chi connectivity index (χ1v) is 8.22. The average Bonchev–Trinajstić information content (AvgIpc) is 2.49. The van der Waals surface area contributed by atoms with Crippen molar-refractivity contribution < 1.29 is 14.6 Å². The normalized spacial score (nSPS) is 25.4. The summed E-state index contributed by atoms with van der Waals surface area (Å²) in [6, 6.07) is -0.278. The molecule has 5 heteroatoms. The van der Waals surface area contributed by atoms with Gasteiger partial charge in [0.15, 0.2) is 0 Å². The van der Waals surface area contributed by atoms with E-state index < -0.39 is 6.10 Å². The van der Waals surface area contributed by atoms with Gasteiger partial charge in [0, 0.05) is 20.1 Å². The van der Waals surface area contributed by atoms with Crippen LogP contribution in [0.25, 0.3) is 0 Å². The summed E-state index contributed by atoms with van der Waals surface area (Å²) in [5.41, 5.74) is 0. The van der Waals surface area contributed by atoms with Crippen LogP contribution in [0, 0.1) is 5.92 Å². The Kier molecular flexibility index (Phi) is 8.22. The van der Waals surface area contributed by atoms with E-state index in [9.17, 15) is 9.90 Å². The molecular weight excluding hydrogens is 268 g/mol. The topological polar surface area (TPSA) is 61.8 Å². The molecule has 0 spiro atoms. The molecule has 124 valence electrons. The average molecular weight is 300 g/mol. The van der Waals surface area contributed by atoms with E-state index in [0.29, 0.717) is 19.7 Å². The Bertz CT molecular complexity index is 312. The van der Waals surface area contributed by atoms with Gasteiger partial charge < -0.3 is 20.1 Å². The lowest BCUT2D eigenvalue weighted by Crippen LogP contribution is -2.46. The van der Waals surface area contributed by atoms with Crippen LogP contribution in [0.15, 0.2) is 0 Å². The van der Waals surface area contributed by atoms with Gasteiger partial charge in [-0.2, -0.15) is 0 Å². The molecule has 0 aliphatic heterocycles. The van der Waals surface area contributed by atoms with Crippen molar-refractivity contribution in [3.05, 3.63) is 0 Å². The molecule has 1 aliphatic rings. The third kappa shape index (κ3) is 6.76. The van der Waals surface area contributed by atoms with Crippen molar-refractivity contribution in [2.75, 3.05) is 26.7 Å². The Hall–Kier alpha value is -0.650. The lowest BCUT2D eigenvalue weighted by atomic mass is 9.89. The molecule has 1 aliphatic carbocycles. The van der Waals surface area contributed by atoms with Crippen LogP contribution in [0.3, 0.4) is 0 Å². The van der Waals surface area contributed by atoms with Gasteiger partial charge in [-0.3, -0.25) is 4.79 Å². The number of aliphatic hydroxyl groups is 1. The molecule has 1 rings (SSSR count). The number of hydrogen-bond donors (Lipinski definition) is 2. The lowest BCUT2D eigenvalue weighted by Gasteiger charge is -2.28. The van der Waals surface area contributed by atoms with Gasteiger partial charge in [0.2, 0.25) is 5.91 Å². The maximum Gasteiger partial charge on any atom is 0.239 e. The van der Waals surface area contributed by atoms with Crippen LogP contribution in [0.1, 0.15) is 46.5 Å². The molecule has 21 heavy (non-hydrogen) atoms. The highest BCUT2D eigenvalue weighted by molar-refractivity contribution is 5.81. The second-order valence-electron chi connectivity index (χ2n) is 6.36. The van der Waals surface area contributed by atoms with Gasteiger partial charge in [-0.05, 0) is 32.6 Å². The summed E-state index contributed by atoms with van der Waals surface area (Å²) in [5.74, 6) is 0.771. The van der Waals surface area contributed by atoms with E-state index in [-0.39, 0.29) is 18.1 Å². The zero-order valence-electron chi connectivity index (χ0n) is 14.0. The van der Waals surface area contributed by atoms with Crippen molar-refractivity contribution in [2.24, 2.45) is 5.92 Å². The first-order chi connectivity index (χ1) is 9.93. The summed E-state index contributed by atoms with van der Waals surface area (Å²) in [7, 11) is 1.78. The van der Waals surface area contributed by atoms with Crippen molar-refractivity contribution in [1.82, 2.24) is 10.2 Å². The number of nitrogens with one attached hydrogen (secondary N) is 1. The molecule has 0 heterocycles. The summed E-state index contributed by atoms with van der Waals surface area (Å²) in [4.78, 5) is 13.5. The van der Waals surface area contributed by atoms with Crippen molar-refractivity contribution in [1.29, 1.82) is 0 Å². The molecule has 1 fully saturated rings. The Morgan fingerprint density at radius 1 is 1.48 bits per heavy atom. The zero-order valence-corrected chi connectivity index (χ0v) is 14.0. The minimum Gasteiger partial charge on any atom is -0.389 e. The molecule has 1 amide bonds. The zero-order chi connectivity index (χ0) is 15.8. The quantitative estimate of drug-likeness (QED) is 0.711. The van der Waals surface area contributed by atoms with Crippen LogP contribution in [0.5, 0.6) is 0 Å². The maximum atomic E-state index is 11.9.